The third-order valence-corrected chi connectivity index (χ3v) is 3.59. The molecular formula is C13H17BrN2O2. The second-order valence-electron chi connectivity index (χ2n) is 4.40. The van der Waals surface area contributed by atoms with E-state index in [1.165, 1.54) is 0 Å². The molecular weight excluding hydrogens is 296 g/mol. The Kier molecular flexibility index (Phi) is 5.16. The van der Waals surface area contributed by atoms with Gasteiger partial charge in [-0.3, -0.25) is 4.79 Å². The molecule has 1 aliphatic heterocycles. The molecule has 2 N–H and O–H groups in total. The minimum atomic E-state index is -0.118. The molecule has 1 unspecified atom stereocenters. The van der Waals surface area contributed by atoms with E-state index in [0.29, 0.717) is 12.5 Å². The highest BCUT2D eigenvalue weighted by Gasteiger charge is 2.15. The summed E-state index contributed by atoms with van der Waals surface area (Å²) >= 11 is 3.38. The van der Waals surface area contributed by atoms with Crippen LogP contribution in [0, 0.1) is 5.92 Å². The maximum Gasteiger partial charge on any atom is 0.250 e. The number of halogens is 1. The largest absolute Gasteiger partial charge is 0.371 e. The summed E-state index contributed by atoms with van der Waals surface area (Å²) in [6.07, 6.45) is 1.13. The van der Waals surface area contributed by atoms with E-state index >= 15 is 0 Å². The predicted molar refractivity (Wildman–Crippen MR) is 74.6 cm³/mol. The quantitative estimate of drug-likeness (QED) is 0.874. The third-order valence-electron chi connectivity index (χ3n) is 2.90. The van der Waals surface area contributed by atoms with Gasteiger partial charge in [0.1, 0.15) is 6.61 Å². The van der Waals surface area contributed by atoms with Crippen LogP contribution >= 0.6 is 15.9 Å². The third kappa shape index (κ3) is 4.08. The summed E-state index contributed by atoms with van der Waals surface area (Å²) in [5, 5.41) is 6.08. The lowest BCUT2D eigenvalue weighted by Crippen LogP contribution is -2.21. The number of hydrogen-bond donors (Lipinski definition) is 2. The Balaban J connectivity index is 1.70. The number of anilines is 1. The normalized spacial score (nSPS) is 18.8. The smallest absolute Gasteiger partial charge is 0.250 e. The Morgan fingerprint density at radius 2 is 2.33 bits per heavy atom. The molecule has 1 saturated heterocycles. The Bertz CT molecular complexity index is 406. The summed E-state index contributed by atoms with van der Waals surface area (Å²) in [6, 6.07) is 7.53. The van der Waals surface area contributed by atoms with Gasteiger partial charge in [-0.25, -0.2) is 0 Å². The highest BCUT2D eigenvalue weighted by atomic mass is 79.9. The second-order valence-corrected chi connectivity index (χ2v) is 5.26. The molecule has 0 radical (unpaired) electrons. The second kappa shape index (κ2) is 6.87. The van der Waals surface area contributed by atoms with Gasteiger partial charge in [0.15, 0.2) is 0 Å². The number of hydrogen-bond acceptors (Lipinski definition) is 3. The average molecular weight is 313 g/mol. The average Bonchev–Trinajstić information content (AvgIpc) is 2.85. The van der Waals surface area contributed by atoms with Crippen molar-refractivity contribution in [2.75, 3.05) is 31.6 Å². The summed E-state index contributed by atoms with van der Waals surface area (Å²) in [7, 11) is 0. The summed E-state index contributed by atoms with van der Waals surface area (Å²) in [5.41, 5.74) is 0.772. The van der Waals surface area contributed by atoms with Crippen molar-refractivity contribution in [1.82, 2.24) is 5.32 Å². The molecule has 1 aromatic carbocycles. The van der Waals surface area contributed by atoms with E-state index in [2.05, 4.69) is 26.6 Å². The number of amides is 1. The number of ether oxygens (including phenoxy) is 1. The molecule has 2 rings (SSSR count). The standard InChI is InChI=1S/C13H17BrN2O2/c14-11-3-1-2-4-12(11)16-13(17)9-18-8-10-5-6-15-7-10/h1-4,10,15H,5-9H2,(H,16,17). The lowest BCUT2D eigenvalue weighted by Gasteiger charge is -2.10. The van der Waals surface area contributed by atoms with E-state index in [4.69, 9.17) is 4.74 Å². The van der Waals surface area contributed by atoms with Gasteiger partial charge in [-0.15, -0.1) is 0 Å². The van der Waals surface area contributed by atoms with Crippen molar-refractivity contribution in [1.29, 1.82) is 0 Å². The topological polar surface area (TPSA) is 50.4 Å². The van der Waals surface area contributed by atoms with Gasteiger partial charge in [-0.1, -0.05) is 12.1 Å². The van der Waals surface area contributed by atoms with E-state index in [1.807, 2.05) is 24.3 Å². The van der Waals surface area contributed by atoms with Gasteiger partial charge in [0.25, 0.3) is 0 Å². The van der Waals surface area contributed by atoms with Gasteiger partial charge < -0.3 is 15.4 Å². The maximum atomic E-state index is 11.7. The van der Waals surface area contributed by atoms with Crippen LogP contribution in [0.1, 0.15) is 6.42 Å². The molecule has 1 aliphatic rings. The van der Waals surface area contributed by atoms with Crippen molar-refractivity contribution in [3.63, 3.8) is 0 Å². The van der Waals surface area contributed by atoms with Crippen molar-refractivity contribution in [2.45, 2.75) is 6.42 Å². The molecule has 1 fully saturated rings. The predicted octanol–water partition coefficient (Wildman–Crippen LogP) is 2.01. The van der Waals surface area contributed by atoms with Gasteiger partial charge in [-0.2, -0.15) is 0 Å². The fraction of sp³-hybridized carbons (Fsp3) is 0.462. The van der Waals surface area contributed by atoms with Crippen LogP contribution in [0.15, 0.2) is 28.7 Å². The number of carbonyl (C=O) groups is 1. The molecule has 0 bridgehead atoms. The van der Waals surface area contributed by atoms with Crippen LogP contribution < -0.4 is 10.6 Å². The van der Waals surface area contributed by atoms with Crippen molar-refractivity contribution in [3.05, 3.63) is 28.7 Å². The van der Waals surface area contributed by atoms with Crippen LogP contribution in [0.2, 0.25) is 0 Å². The first-order valence-electron chi connectivity index (χ1n) is 6.08. The lowest BCUT2D eigenvalue weighted by atomic mass is 10.1. The zero-order valence-corrected chi connectivity index (χ0v) is 11.7. The van der Waals surface area contributed by atoms with Crippen LogP contribution in [-0.4, -0.2) is 32.2 Å². The molecule has 1 atom stereocenters. The van der Waals surface area contributed by atoms with E-state index < -0.39 is 0 Å². The molecule has 1 aromatic rings. The van der Waals surface area contributed by atoms with Crippen molar-refractivity contribution in [3.8, 4) is 0 Å². The molecule has 0 saturated carbocycles. The molecule has 1 heterocycles. The number of para-hydroxylation sites is 1. The first-order chi connectivity index (χ1) is 8.75. The lowest BCUT2D eigenvalue weighted by molar-refractivity contribution is -0.121. The molecule has 0 aliphatic carbocycles. The zero-order chi connectivity index (χ0) is 12.8. The molecule has 18 heavy (non-hydrogen) atoms. The van der Waals surface area contributed by atoms with Crippen LogP contribution in [0.5, 0.6) is 0 Å². The van der Waals surface area contributed by atoms with Gasteiger partial charge >= 0.3 is 0 Å². The molecule has 0 spiro atoms. The van der Waals surface area contributed by atoms with Crippen molar-refractivity contribution < 1.29 is 9.53 Å². The van der Waals surface area contributed by atoms with Crippen LogP contribution in [0.25, 0.3) is 0 Å². The Hall–Kier alpha value is -0.910. The summed E-state index contributed by atoms with van der Waals surface area (Å²) < 4.78 is 6.30. The van der Waals surface area contributed by atoms with Gasteiger partial charge in [-0.05, 0) is 46.9 Å². The maximum absolute atomic E-state index is 11.7. The SMILES string of the molecule is O=C(COCC1CCNC1)Nc1ccccc1Br. The molecule has 98 valence electrons. The van der Waals surface area contributed by atoms with Crippen LogP contribution in [0.4, 0.5) is 5.69 Å². The van der Waals surface area contributed by atoms with E-state index in [-0.39, 0.29) is 12.5 Å². The fourth-order valence-electron chi connectivity index (χ4n) is 1.92. The molecule has 1 amide bonds. The zero-order valence-electron chi connectivity index (χ0n) is 10.1. The van der Waals surface area contributed by atoms with Crippen molar-refractivity contribution >= 4 is 27.5 Å². The minimum absolute atomic E-state index is 0.109. The van der Waals surface area contributed by atoms with E-state index in [9.17, 15) is 4.79 Å². The first-order valence-corrected chi connectivity index (χ1v) is 6.88. The summed E-state index contributed by atoms with van der Waals surface area (Å²) in [6.45, 7) is 2.80. The molecule has 4 nitrogen and oxygen atoms in total. The summed E-state index contributed by atoms with van der Waals surface area (Å²) in [5.74, 6) is 0.425. The van der Waals surface area contributed by atoms with E-state index in [1.54, 1.807) is 0 Å². The monoisotopic (exact) mass is 312 g/mol. The minimum Gasteiger partial charge on any atom is -0.371 e. The molecule has 5 heteroatoms. The number of nitrogens with one attached hydrogen (secondary N) is 2. The van der Waals surface area contributed by atoms with E-state index in [0.717, 1.165) is 29.7 Å². The number of benzene rings is 1. The Morgan fingerprint density at radius 1 is 1.50 bits per heavy atom. The fourth-order valence-corrected chi connectivity index (χ4v) is 2.31. The van der Waals surface area contributed by atoms with Crippen LogP contribution in [-0.2, 0) is 9.53 Å². The van der Waals surface area contributed by atoms with Crippen LogP contribution in [0.3, 0.4) is 0 Å². The highest BCUT2D eigenvalue weighted by molar-refractivity contribution is 9.10. The van der Waals surface area contributed by atoms with Gasteiger partial charge in [0.2, 0.25) is 5.91 Å². The van der Waals surface area contributed by atoms with Crippen molar-refractivity contribution in [2.24, 2.45) is 5.92 Å². The Morgan fingerprint density at radius 3 is 3.06 bits per heavy atom. The number of rotatable bonds is 5. The molecule has 0 aromatic heterocycles. The summed E-state index contributed by atoms with van der Waals surface area (Å²) in [4.78, 5) is 11.7. The first kappa shape index (κ1) is 13.5. The Labute approximate surface area is 115 Å². The highest BCUT2D eigenvalue weighted by Crippen LogP contribution is 2.20. The number of carbonyl (C=O) groups excluding carboxylic acids is 1. The van der Waals surface area contributed by atoms with Gasteiger partial charge in [0, 0.05) is 11.0 Å². The van der Waals surface area contributed by atoms with Gasteiger partial charge in [0.05, 0.1) is 12.3 Å².